The fourth-order valence-electron chi connectivity index (χ4n) is 3.19. The molecule has 0 aromatic heterocycles. The molecule has 0 saturated heterocycles. The summed E-state index contributed by atoms with van der Waals surface area (Å²) in [7, 11) is -1.24. The predicted octanol–water partition coefficient (Wildman–Crippen LogP) is 7.76. The summed E-state index contributed by atoms with van der Waals surface area (Å²) < 4.78 is 6.46. The van der Waals surface area contributed by atoms with Crippen molar-refractivity contribution in [1.82, 2.24) is 0 Å². The fourth-order valence-corrected chi connectivity index (χ4v) is 19.3. The first-order chi connectivity index (χ1) is 11.3. The molecule has 0 unspecified atom stereocenters. The van der Waals surface area contributed by atoms with E-state index in [1.807, 2.05) is 0 Å². The third-order valence-corrected chi connectivity index (χ3v) is 22.2. The monoisotopic (exact) mass is 454 g/mol. The van der Waals surface area contributed by atoms with Crippen LogP contribution in [0.3, 0.4) is 0 Å². The van der Waals surface area contributed by atoms with Crippen LogP contribution in [0.15, 0.2) is 21.8 Å². The van der Waals surface area contributed by atoms with Gasteiger partial charge in [0.1, 0.15) is 0 Å². The Bertz CT molecular complexity index is 421. The minimum absolute atomic E-state index is 1.24. The van der Waals surface area contributed by atoms with Gasteiger partial charge in [0.2, 0.25) is 0 Å². The molecule has 138 valence electrons. The Kier molecular flexibility index (Phi) is 13.3. The Morgan fingerprint density at radius 3 is 1.71 bits per heavy atom. The maximum atomic E-state index is 3.43. The van der Waals surface area contributed by atoms with Crippen LogP contribution in [0.25, 0.3) is 0 Å². The van der Waals surface area contributed by atoms with Gasteiger partial charge in [0.25, 0.3) is 0 Å². The van der Waals surface area contributed by atoms with E-state index in [0.29, 0.717) is 0 Å². The number of unbranched alkanes of at least 4 members (excludes halogenated alkanes) is 3. The maximum absolute atomic E-state index is 3.43. The summed E-state index contributed by atoms with van der Waals surface area (Å²) in [5, 5.41) is 0. The zero-order chi connectivity index (χ0) is 18.5. The van der Waals surface area contributed by atoms with E-state index in [1.54, 1.807) is 16.9 Å². The number of hydrogen-bond acceptors (Lipinski definition) is 0. The van der Waals surface area contributed by atoms with Crippen molar-refractivity contribution in [1.29, 1.82) is 0 Å². The van der Waals surface area contributed by atoms with Crippen molar-refractivity contribution in [2.24, 2.45) is 0 Å². The first-order valence-electron chi connectivity index (χ1n) is 10.2. The topological polar surface area (TPSA) is 0 Å². The molecule has 24 heavy (non-hydrogen) atoms. The van der Waals surface area contributed by atoms with Gasteiger partial charge in [-0.15, -0.1) is 0 Å². The van der Waals surface area contributed by atoms with Crippen LogP contribution in [0, 0.1) is 11.5 Å². The van der Waals surface area contributed by atoms with Gasteiger partial charge in [0, 0.05) is 0 Å². The number of allylic oxidation sites excluding steroid dienone is 4. The Balaban J connectivity index is 5.27. The molecule has 2 heteroatoms. The van der Waals surface area contributed by atoms with Crippen molar-refractivity contribution >= 4 is 26.5 Å². The molecule has 0 amide bonds. The zero-order valence-corrected chi connectivity index (χ0v) is 21.5. The van der Waals surface area contributed by atoms with Crippen molar-refractivity contribution in [2.45, 2.75) is 99.2 Å². The van der Waals surface area contributed by atoms with E-state index in [-0.39, 0.29) is 0 Å². The average Bonchev–Trinajstić information content (AvgIpc) is 2.53. The predicted molar refractivity (Wildman–Crippen MR) is 119 cm³/mol. The van der Waals surface area contributed by atoms with Gasteiger partial charge < -0.3 is 0 Å². The molecule has 0 N–H and O–H groups in total. The normalized spacial score (nSPS) is 13.2. The Morgan fingerprint density at radius 2 is 1.33 bits per heavy atom. The van der Waals surface area contributed by atoms with E-state index in [1.165, 1.54) is 38.5 Å². The first-order valence-corrected chi connectivity index (χ1v) is 21.2. The molecule has 0 aliphatic heterocycles. The van der Waals surface area contributed by atoms with Crippen molar-refractivity contribution in [3.05, 3.63) is 21.8 Å². The van der Waals surface area contributed by atoms with Crippen LogP contribution in [0.1, 0.15) is 66.2 Å². The second-order valence-corrected chi connectivity index (χ2v) is 26.9. The molecule has 0 aliphatic rings. The molecule has 0 rings (SSSR count). The molecule has 0 spiro atoms. The second-order valence-electron chi connectivity index (χ2n) is 8.32. The Morgan fingerprint density at radius 1 is 0.875 bits per heavy atom. The van der Waals surface area contributed by atoms with Crippen LogP contribution in [0.2, 0.25) is 33.0 Å². The summed E-state index contributed by atoms with van der Waals surface area (Å²) in [4.78, 5) is 0. The molecule has 0 fully saturated rings. The van der Waals surface area contributed by atoms with Gasteiger partial charge in [-0.2, -0.15) is 0 Å². The van der Waals surface area contributed by atoms with Gasteiger partial charge in [-0.3, -0.25) is 0 Å². The standard InChI is InChI=1S/C10H15Si.3C4H9.Sn/c1-5-6-7-8-9-10-11(2,3)4;3*1-3-4-2;/h6-8H,1-4H3;3*1,3-4H2,2H3;/b6-5?,8-7+;;;;. The summed E-state index contributed by atoms with van der Waals surface area (Å²) >= 11 is -2.16. The van der Waals surface area contributed by atoms with Crippen molar-refractivity contribution in [2.75, 3.05) is 0 Å². The van der Waals surface area contributed by atoms with Crippen LogP contribution in [-0.2, 0) is 0 Å². The fraction of sp³-hybridized carbons (Fsp3) is 0.727. The molecule has 0 bridgehead atoms. The third-order valence-electron chi connectivity index (χ3n) is 4.84. The van der Waals surface area contributed by atoms with Gasteiger partial charge in [-0.25, -0.2) is 0 Å². The average molecular weight is 453 g/mol. The van der Waals surface area contributed by atoms with Crippen LogP contribution in [0.4, 0.5) is 0 Å². The van der Waals surface area contributed by atoms with E-state index in [0.717, 1.165) is 0 Å². The molecular formula is C22H42SiSn. The number of hydrogen-bond donors (Lipinski definition) is 0. The van der Waals surface area contributed by atoms with Gasteiger partial charge in [-0.05, 0) is 0 Å². The molecule has 0 aliphatic carbocycles. The van der Waals surface area contributed by atoms with Crippen molar-refractivity contribution in [3.63, 3.8) is 0 Å². The molecule has 0 atom stereocenters. The van der Waals surface area contributed by atoms with Crippen molar-refractivity contribution < 1.29 is 0 Å². The molecule has 0 radical (unpaired) electrons. The van der Waals surface area contributed by atoms with Crippen LogP contribution < -0.4 is 0 Å². The Hall–Kier alpha value is 0.0556. The summed E-state index contributed by atoms with van der Waals surface area (Å²) in [5.74, 6) is 3.27. The van der Waals surface area contributed by atoms with E-state index in [4.69, 9.17) is 0 Å². The van der Waals surface area contributed by atoms with Gasteiger partial charge in [0.05, 0.1) is 0 Å². The molecule has 0 aromatic carbocycles. The second kappa shape index (κ2) is 13.3. The Labute approximate surface area is 158 Å². The van der Waals surface area contributed by atoms with E-state index in [2.05, 4.69) is 77.0 Å². The molecule has 0 saturated carbocycles. The minimum atomic E-state index is -2.16. The molecule has 0 nitrogen and oxygen atoms in total. The summed E-state index contributed by atoms with van der Waals surface area (Å²) in [6.07, 6.45) is 15.1. The van der Waals surface area contributed by atoms with Crippen LogP contribution >= 0.6 is 0 Å². The van der Waals surface area contributed by atoms with E-state index in [9.17, 15) is 0 Å². The van der Waals surface area contributed by atoms with E-state index >= 15 is 0 Å². The van der Waals surface area contributed by atoms with E-state index < -0.39 is 26.5 Å². The summed E-state index contributed by atoms with van der Waals surface area (Å²) in [6, 6.07) is 0. The zero-order valence-electron chi connectivity index (χ0n) is 17.6. The molecule has 0 heterocycles. The quantitative estimate of drug-likeness (QED) is 0.170. The molecular weight excluding hydrogens is 411 g/mol. The summed E-state index contributed by atoms with van der Waals surface area (Å²) in [6.45, 7) is 16.4. The molecule has 0 aromatic rings. The van der Waals surface area contributed by atoms with Gasteiger partial charge >= 0.3 is 159 Å². The van der Waals surface area contributed by atoms with Gasteiger partial charge in [0.15, 0.2) is 0 Å². The number of rotatable bonds is 11. The van der Waals surface area contributed by atoms with Crippen LogP contribution in [0.5, 0.6) is 0 Å². The van der Waals surface area contributed by atoms with Crippen LogP contribution in [-0.4, -0.2) is 26.5 Å². The van der Waals surface area contributed by atoms with Gasteiger partial charge in [-0.1, -0.05) is 0 Å². The summed E-state index contributed by atoms with van der Waals surface area (Å²) in [5.41, 5.74) is 3.43. The third kappa shape index (κ3) is 10.8. The SMILES string of the molecule is CCC[CH2][Sn]([CH2]CCC)([CH2]CCC)/[C](C)=C/C=C/C#C[Si](C)(C)C. The first kappa shape index (κ1) is 24.1. The van der Waals surface area contributed by atoms with Crippen molar-refractivity contribution in [3.8, 4) is 11.5 Å².